The molecule has 2 aliphatic heterocycles. The van der Waals surface area contributed by atoms with Crippen LogP contribution >= 0.6 is 35.6 Å². The maximum atomic E-state index is 13.2. The van der Waals surface area contributed by atoms with Crippen LogP contribution in [0.25, 0.3) is 11.0 Å². The first-order chi connectivity index (χ1) is 18.4. The van der Waals surface area contributed by atoms with Crippen molar-refractivity contribution < 1.29 is 26.4 Å². The molecule has 40 heavy (non-hydrogen) atoms. The molecule has 1 amide bonds. The van der Waals surface area contributed by atoms with Gasteiger partial charge in [0.2, 0.25) is 0 Å². The molecule has 1 saturated heterocycles. The topological polar surface area (TPSA) is 84.6 Å². The number of halogens is 6. The van der Waals surface area contributed by atoms with Crippen LogP contribution < -0.4 is 5.69 Å². The second kappa shape index (κ2) is 11.6. The first-order valence-corrected chi connectivity index (χ1v) is 14.6. The highest BCUT2D eigenvalue weighted by atomic mass is 35.5. The van der Waals surface area contributed by atoms with E-state index in [9.17, 15) is 31.2 Å². The smallest absolute Gasteiger partial charge is 0.303 e. The van der Waals surface area contributed by atoms with E-state index < -0.39 is 34.3 Å². The Bertz CT molecular complexity index is 1600. The quantitative estimate of drug-likeness (QED) is 0.325. The molecule has 3 aromatic rings. The van der Waals surface area contributed by atoms with Gasteiger partial charge in [-0.05, 0) is 68.6 Å². The largest absolute Gasteiger partial charge is 0.406 e. The fraction of sp³-hybridized carbons (Fsp3) is 0.440. The number of piperidine rings is 1. The Morgan fingerprint density at radius 1 is 0.900 bits per heavy atom. The third-order valence-corrected chi connectivity index (χ3v) is 9.55. The number of carbonyl (C=O) groups is 1. The number of unbranched alkanes of at least 4 members (excludes halogenated alkanes) is 1. The van der Waals surface area contributed by atoms with Gasteiger partial charge in [-0.15, -0.1) is 12.4 Å². The van der Waals surface area contributed by atoms with Gasteiger partial charge in [0.25, 0.3) is 15.9 Å². The van der Waals surface area contributed by atoms with Gasteiger partial charge in [-0.25, -0.2) is 17.5 Å². The molecule has 3 heterocycles. The summed E-state index contributed by atoms with van der Waals surface area (Å²) in [6.45, 7) is 0.583. The summed E-state index contributed by atoms with van der Waals surface area (Å²) in [5.74, 6) is -0.579. The molecular formula is C25H26Cl3F3N4O4S. The molecule has 0 atom stereocenters. The van der Waals surface area contributed by atoms with E-state index in [4.69, 9.17) is 23.2 Å². The Balaban J connectivity index is 0.00000370. The Labute approximate surface area is 244 Å². The van der Waals surface area contributed by atoms with Gasteiger partial charge in [-0.3, -0.25) is 13.9 Å². The molecule has 0 spiro atoms. The molecular weight excluding hydrogens is 616 g/mol. The maximum Gasteiger partial charge on any atom is 0.406 e. The SMILES string of the molecule is Cl.O=C1c2cc(Cl)ccc2S(=O)(=O)N1CCCCN1CCC(n2c(=O)n(CC(F)(F)F)c3cc(Cl)ccc32)CC1. The van der Waals surface area contributed by atoms with Crippen molar-refractivity contribution in [2.24, 2.45) is 0 Å². The van der Waals surface area contributed by atoms with Gasteiger partial charge in [-0.1, -0.05) is 23.2 Å². The molecule has 15 heteroatoms. The van der Waals surface area contributed by atoms with Crippen molar-refractivity contribution in [3.05, 3.63) is 62.5 Å². The number of nitrogens with zero attached hydrogens (tertiary/aromatic N) is 4. The molecule has 0 bridgehead atoms. The summed E-state index contributed by atoms with van der Waals surface area (Å²) in [5, 5.41) is 0.542. The molecule has 5 rings (SSSR count). The fourth-order valence-corrected chi connectivity index (χ4v) is 7.33. The monoisotopic (exact) mass is 640 g/mol. The third-order valence-electron chi connectivity index (χ3n) is 7.24. The van der Waals surface area contributed by atoms with Crippen molar-refractivity contribution in [2.45, 2.75) is 49.3 Å². The zero-order chi connectivity index (χ0) is 28.1. The summed E-state index contributed by atoms with van der Waals surface area (Å²) in [7, 11) is -3.89. The average Bonchev–Trinajstić information content (AvgIpc) is 3.22. The van der Waals surface area contributed by atoms with Crippen molar-refractivity contribution in [3.8, 4) is 0 Å². The summed E-state index contributed by atoms with van der Waals surface area (Å²) < 4.78 is 68.1. The van der Waals surface area contributed by atoms with Crippen molar-refractivity contribution in [2.75, 3.05) is 26.2 Å². The van der Waals surface area contributed by atoms with Crippen LogP contribution in [0.4, 0.5) is 13.2 Å². The average molecular weight is 642 g/mol. The number of hydrogen-bond acceptors (Lipinski definition) is 5. The highest BCUT2D eigenvalue weighted by molar-refractivity contribution is 7.90. The number of carbonyl (C=O) groups excluding carboxylic acids is 1. The molecule has 218 valence electrons. The van der Waals surface area contributed by atoms with Crippen molar-refractivity contribution >= 4 is 62.6 Å². The predicted molar refractivity (Wildman–Crippen MR) is 148 cm³/mol. The number of aromatic nitrogens is 2. The molecule has 2 aromatic carbocycles. The number of alkyl halides is 3. The van der Waals surface area contributed by atoms with Gasteiger partial charge in [0.15, 0.2) is 0 Å². The molecule has 8 nitrogen and oxygen atoms in total. The fourth-order valence-electron chi connectivity index (χ4n) is 5.41. The summed E-state index contributed by atoms with van der Waals surface area (Å²) in [6.07, 6.45) is -2.29. The zero-order valence-electron chi connectivity index (χ0n) is 21.0. The van der Waals surface area contributed by atoms with Crippen LogP contribution in [0.2, 0.25) is 10.0 Å². The number of likely N-dealkylation sites (tertiary alicyclic amines) is 1. The lowest BCUT2D eigenvalue weighted by Gasteiger charge is -2.32. The van der Waals surface area contributed by atoms with E-state index >= 15 is 0 Å². The summed E-state index contributed by atoms with van der Waals surface area (Å²) in [4.78, 5) is 27.8. The molecule has 0 radical (unpaired) electrons. The minimum absolute atomic E-state index is 0. The lowest BCUT2D eigenvalue weighted by molar-refractivity contribution is -0.140. The number of fused-ring (bicyclic) bond motifs is 2. The van der Waals surface area contributed by atoms with Gasteiger partial charge in [0.05, 0.1) is 16.6 Å². The number of rotatable bonds is 7. The number of imidazole rings is 1. The highest BCUT2D eigenvalue weighted by Crippen LogP contribution is 2.33. The summed E-state index contributed by atoms with van der Waals surface area (Å²) >= 11 is 11.9. The Morgan fingerprint density at radius 2 is 1.52 bits per heavy atom. The maximum absolute atomic E-state index is 13.2. The molecule has 2 aliphatic rings. The second-order valence-electron chi connectivity index (χ2n) is 9.79. The van der Waals surface area contributed by atoms with E-state index in [1.807, 2.05) is 0 Å². The van der Waals surface area contributed by atoms with E-state index in [0.717, 1.165) is 8.87 Å². The number of sulfonamides is 1. The Kier molecular flexibility index (Phi) is 8.87. The minimum Gasteiger partial charge on any atom is -0.303 e. The molecule has 0 N–H and O–H groups in total. The standard InChI is InChI=1S/C25H25Cl2F3N4O4S.ClH/c26-16-4-6-22-19(13-16)23(35)33(39(22,37)38)10-2-1-9-31-11-7-18(8-12-31)34-20-5-3-17(27)14-21(20)32(24(34)36)15-25(28,29)30;/h3-6,13-14,18H,1-2,7-12,15H2;1H. The van der Waals surface area contributed by atoms with Crippen molar-refractivity contribution in [1.82, 2.24) is 18.3 Å². The molecule has 1 aromatic heterocycles. The lowest BCUT2D eigenvalue weighted by atomic mass is 10.0. The van der Waals surface area contributed by atoms with Crippen LogP contribution in [-0.2, 0) is 16.6 Å². The summed E-state index contributed by atoms with van der Waals surface area (Å²) in [6, 6.07) is 8.41. The van der Waals surface area contributed by atoms with E-state index in [1.54, 1.807) is 12.1 Å². The normalized spacial score (nSPS) is 17.8. The van der Waals surface area contributed by atoms with E-state index in [0.29, 0.717) is 55.9 Å². The third kappa shape index (κ3) is 5.87. The van der Waals surface area contributed by atoms with Crippen LogP contribution in [0, 0.1) is 0 Å². The molecule has 0 aliphatic carbocycles. The van der Waals surface area contributed by atoms with Gasteiger partial charge < -0.3 is 4.90 Å². The van der Waals surface area contributed by atoms with Crippen LogP contribution in [0.3, 0.4) is 0 Å². The number of amides is 1. The number of hydrogen-bond donors (Lipinski definition) is 0. The lowest BCUT2D eigenvalue weighted by Crippen LogP contribution is -2.39. The van der Waals surface area contributed by atoms with E-state index in [1.165, 1.54) is 28.8 Å². The molecule has 1 fully saturated rings. The van der Waals surface area contributed by atoms with Gasteiger partial charge in [0.1, 0.15) is 11.4 Å². The first kappa shape index (κ1) is 30.7. The minimum atomic E-state index is -4.55. The number of benzene rings is 2. The van der Waals surface area contributed by atoms with Gasteiger partial charge in [0, 0.05) is 35.7 Å². The van der Waals surface area contributed by atoms with Crippen LogP contribution in [0.1, 0.15) is 42.1 Å². The second-order valence-corrected chi connectivity index (χ2v) is 12.5. The molecule has 0 saturated carbocycles. The Hall–Kier alpha value is -2.25. The van der Waals surface area contributed by atoms with E-state index in [2.05, 4.69) is 4.90 Å². The van der Waals surface area contributed by atoms with Crippen LogP contribution in [0.5, 0.6) is 0 Å². The predicted octanol–water partition coefficient (Wildman–Crippen LogP) is 5.36. The Morgan fingerprint density at radius 3 is 2.20 bits per heavy atom. The van der Waals surface area contributed by atoms with E-state index in [-0.39, 0.29) is 46.0 Å². The zero-order valence-corrected chi connectivity index (χ0v) is 24.2. The van der Waals surface area contributed by atoms with Crippen LogP contribution in [0.15, 0.2) is 46.1 Å². The van der Waals surface area contributed by atoms with Crippen LogP contribution in [-0.4, -0.2) is 65.0 Å². The molecule has 0 unspecified atom stereocenters. The summed E-state index contributed by atoms with van der Waals surface area (Å²) in [5.41, 5.74) is -0.0468. The van der Waals surface area contributed by atoms with Crippen molar-refractivity contribution in [3.63, 3.8) is 0 Å². The highest BCUT2D eigenvalue weighted by Gasteiger charge is 2.40. The van der Waals surface area contributed by atoms with Crippen molar-refractivity contribution in [1.29, 1.82) is 0 Å². The first-order valence-electron chi connectivity index (χ1n) is 12.4. The van der Waals surface area contributed by atoms with Gasteiger partial charge in [-0.2, -0.15) is 13.2 Å². The van der Waals surface area contributed by atoms with Gasteiger partial charge >= 0.3 is 11.9 Å².